The van der Waals surface area contributed by atoms with E-state index >= 15 is 0 Å². The molecule has 0 atom stereocenters. The molecule has 0 unspecified atom stereocenters. The molecule has 1 amide bonds. The topological polar surface area (TPSA) is 66.9 Å². The molecule has 0 spiro atoms. The average Bonchev–Trinajstić information content (AvgIpc) is 3.35. The molecule has 0 bridgehead atoms. The van der Waals surface area contributed by atoms with Crippen molar-refractivity contribution in [3.05, 3.63) is 40.9 Å². The van der Waals surface area contributed by atoms with Gasteiger partial charge < -0.3 is 10.6 Å². The van der Waals surface area contributed by atoms with Gasteiger partial charge in [-0.15, -0.1) is 10.2 Å². The van der Waals surface area contributed by atoms with Gasteiger partial charge in [0.15, 0.2) is 11.6 Å². The van der Waals surface area contributed by atoms with Gasteiger partial charge in [-0.3, -0.25) is 4.79 Å². The lowest BCUT2D eigenvalue weighted by Crippen LogP contribution is -2.14. The largest absolute Gasteiger partial charge is 0.416 e. The van der Waals surface area contributed by atoms with Crippen LogP contribution in [0.2, 0.25) is 5.02 Å². The molecule has 24 heavy (non-hydrogen) atoms. The van der Waals surface area contributed by atoms with E-state index in [4.69, 9.17) is 11.6 Å². The van der Waals surface area contributed by atoms with Crippen molar-refractivity contribution in [3.63, 3.8) is 0 Å². The van der Waals surface area contributed by atoms with Gasteiger partial charge in [0.2, 0.25) is 5.91 Å². The van der Waals surface area contributed by atoms with Crippen LogP contribution in [0, 0.1) is 5.92 Å². The zero-order chi connectivity index (χ0) is 17.3. The summed E-state index contributed by atoms with van der Waals surface area (Å²) in [6, 6.07) is 5.95. The van der Waals surface area contributed by atoms with E-state index in [1.165, 1.54) is 12.1 Å². The Balaban J connectivity index is 1.72. The van der Waals surface area contributed by atoms with E-state index in [-0.39, 0.29) is 34.2 Å². The summed E-state index contributed by atoms with van der Waals surface area (Å²) in [6.07, 6.45) is -2.73. The standard InChI is InChI=1S/C15H12ClF3N4O/c16-10-4-3-9(15(17,18)19)7-11(10)20-12-5-6-13(23-22-12)21-14(24)8-1-2-8/h3-8H,1-2H2,(H,20,22)(H,21,23,24). The van der Waals surface area contributed by atoms with E-state index in [0.29, 0.717) is 0 Å². The lowest BCUT2D eigenvalue weighted by Gasteiger charge is -2.12. The molecular weight excluding hydrogens is 345 g/mol. The fraction of sp³-hybridized carbons (Fsp3) is 0.267. The van der Waals surface area contributed by atoms with Crippen LogP contribution in [0.3, 0.4) is 0 Å². The van der Waals surface area contributed by atoms with Crippen LogP contribution >= 0.6 is 11.6 Å². The van der Waals surface area contributed by atoms with Gasteiger partial charge in [-0.25, -0.2) is 0 Å². The zero-order valence-electron chi connectivity index (χ0n) is 12.2. The van der Waals surface area contributed by atoms with Crippen molar-refractivity contribution >= 4 is 34.8 Å². The molecular formula is C15H12ClF3N4O. The van der Waals surface area contributed by atoms with Gasteiger partial charge in [-0.05, 0) is 43.2 Å². The van der Waals surface area contributed by atoms with Crippen LogP contribution in [0.5, 0.6) is 0 Å². The first-order valence-electron chi connectivity index (χ1n) is 7.11. The van der Waals surface area contributed by atoms with Crippen LogP contribution in [-0.4, -0.2) is 16.1 Å². The Bertz CT molecular complexity index is 760. The minimum atomic E-state index is -4.47. The molecule has 1 aliphatic carbocycles. The van der Waals surface area contributed by atoms with E-state index in [1.807, 2.05) is 0 Å². The van der Waals surface area contributed by atoms with Crippen molar-refractivity contribution in [1.82, 2.24) is 10.2 Å². The maximum absolute atomic E-state index is 12.7. The number of anilines is 3. The summed E-state index contributed by atoms with van der Waals surface area (Å²) in [5.41, 5.74) is -0.758. The van der Waals surface area contributed by atoms with Crippen LogP contribution < -0.4 is 10.6 Å². The molecule has 2 N–H and O–H groups in total. The van der Waals surface area contributed by atoms with Crippen molar-refractivity contribution in [2.75, 3.05) is 10.6 Å². The number of carbonyl (C=O) groups is 1. The Hall–Kier alpha value is -2.35. The van der Waals surface area contributed by atoms with Gasteiger partial charge in [0.1, 0.15) is 0 Å². The van der Waals surface area contributed by atoms with Crippen molar-refractivity contribution in [2.24, 2.45) is 5.92 Å². The monoisotopic (exact) mass is 356 g/mol. The lowest BCUT2D eigenvalue weighted by molar-refractivity contribution is -0.137. The highest BCUT2D eigenvalue weighted by molar-refractivity contribution is 6.33. The lowest BCUT2D eigenvalue weighted by atomic mass is 10.2. The van der Waals surface area contributed by atoms with Crippen molar-refractivity contribution in [2.45, 2.75) is 19.0 Å². The van der Waals surface area contributed by atoms with Crippen molar-refractivity contribution in [1.29, 1.82) is 0 Å². The number of alkyl halides is 3. The number of hydrogen-bond acceptors (Lipinski definition) is 4. The van der Waals surface area contributed by atoms with Crippen molar-refractivity contribution < 1.29 is 18.0 Å². The minimum Gasteiger partial charge on any atom is -0.338 e. The van der Waals surface area contributed by atoms with Gasteiger partial charge >= 0.3 is 6.18 Å². The SMILES string of the molecule is O=C(Nc1ccc(Nc2cc(C(F)(F)F)ccc2Cl)nn1)C1CC1. The maximum Gasteiger partial charge on any atom is 0.416 e. The molecule has 1 fully saturated rings. The van der Waals surface area contributed by atoms with Gasteiger partial charge in [0.05, 0.1) is 16.3 Å². The van der Waals surface area contributed by atoms with Gasteiger partial charge in [0.25, 0.3) is 0 Å². The van der Waals surface area contributed by atoms with Gasteiger partial charge in [-0.2, -0.15) is 13.2 Å². The number of rotatable bonds is 4. The maximum atomic E-state index is 12.7. The molecule has 9 heteroatoms. The van der Waals surface area contributed by atoms with Crippen LogP contribution in [0.1, 0.15) is 18.4 Å². The number of amides is 1. The number of halogens is 4. The third kappa shape index (κ3) is 3.94. The Morgan fingerprint density at radius 3 is 2.38 bits per heavy atom. The molecule has 1 aromatic heterocycles. The number of hydrogen-bond donors (Lipinski definition) is 2. The van der Waals surface area contributed by atoms with Crippen molar-refractivity contribution in [3.8, 4) is 0 Å². The summed E-state index contributed by atoms with van der Waals surface area (Å²) in [4.78, 5) is 11.6. The summed E-state index contributed by atoms with van der Waals surface area (Å²) in [7, 11) is 0. The summed E-state index contributed by atoms with van der Waals surface area (Å²) in [5.74, 6) is 0.424. The molecule has 1 aromatic carbocycles. The van der Waals surface area contributed by atoms with E-state index in [0.717, 1.165) is 31.0 Å². The zero-order valence-corrected chi connectivity index (χ0v) is 12.9. The predicted octanol–water partition coefficient (Wildman–Crippen LogP) is 4.24. The molecule has 126 valence electrons. The fourth-order valence-electron chi connectivity index (χ4n) is 1.97. The van der Waals surface area contributed by atoms with E-state index in [2.05, 4.69) is 20.8 Å². The molecule has 1 heterocycles. The third-order valence-electron chi connectivity index (χ3n) is 3.42. The Morgan fingerprint density at radius 2 is 1.79 bits per heavy atom. The van der Waals surface area contributed by atoms with Crippen LogP contribution in [0.4, 0.5) is 30.5 Å². The molecule has 0 radical (unpaired) electrons. The fourth-order valence-corrected chi connectivity index (χ4v) is 2.14. The number of benzene rings is 1. The second-order valence-electron chi connectivity index (χ2n) is 5.38. The second-order valence-corrected chi connectivity index (χ2v) is 5.79. The second kappa shape index (κ2) is 6.27. The molecule has 0 aliphatic heterocycles. The summed E-state index contributed by atoms with van der Waals surface area (Å²) in [6.45, 7) is 0. The van der Waals surface area contributed by atoms with E-state index < -0.39 is 11.7 Å². The smallest absolute Gasteiger partial charge is 0.338 e. The van der Waals surface area contributed by atoms with E-state index in [9.17, 15) is 18.0 Å². The average molecular weight is 357 g/mol. The first kappa shape index (κ1) is 16.5. The highest BCUT2D eigenvalue weighted by Crippen LogP contribution is 2.34. The number of nitrogens with zero attached hydrogens (tertiary/aromatic N) is 2. The van der Waals surface area contributed by atoms with Crippen LogP contribution in [0.25, 0.3) is 0 Å². The molecule has 0 saturated heterocycles. The number of nitrogens with one attached hydrogen (secondary N) is 2. The molecule has 5 nitrogen and oxygen atoms in total. The highest BCUT2D eigenvalue weighted by Gasteiger charge is 2.31. The normalized spacial score (nSPS) is 14.3. The summed E-state index contributed by atoms with van der Waals surface area (Å²) < 4.78 is 38.2. The molecule has 2 aromatic rings. The molecule has 1 saturated carbocycles. The Kier molecular flexibility index (Phi) is 4.31. The predicted molar refractivity (Wildman–Crippen MR) is 83.1 cm³/mol. The highest BCUT2D eigenvalue weighted by atomic mass is 35.5. The minimum absolute atomic E-state index is 0.0357. The van der Waals surface area contributed by atoms with Crippen LogP contribution in [0.15, 0.2) is 30.3 Å². The summed E-state index contributed by atoms with van der Waals surface area (Å²) >= 11 is 5.90. The Labute approximate surface area is 140 Å². The van der Waals surface area contributed by atoms with Gasteiger partial charge in [-0.1, -0.05) is 11.6 Å². The van der Waals surface area contributed by atoms with Gasteiger partial charge in [0, 0.05) is 5.92 Å². The third-order valence-corrected chi connectivity index (χ3v) is 3.75. The first-order valence-corrected chi connectivity index (χ1v) is 7.49. The molecule has 1 aliphatic rings. The quantitative estimate of drug-likeness (QED) is 0.859. The Morgan fingerprint density at radius 1 is 1.12 bits per heavy atom. The molecule has 3 rings (SSSR count). The first-order chi connectivity index (χ1) is 11.3. The van der Waals surface area contributed by atoms with Crippen LogP contribution in [-0.2, 0) is 11.0 Å². The number of aromatic nitrogens is 2. The number of carbonyl (C=O) groups excluding carboxylic acids is 1. The van der Waals surface area contributed by atoms with E-state index in [1.54, 1.807) is 0 Å². The summed E-state index contributed by atoms with van der Waals surface area (Å²) in [5, 5.41) is 13.1.